The zero-order valence-electron chi connectivity index (χ0n) is 10.7. The van der Waals surface area contributed by atoms with E-state index in [-0.39, 0.29) is 0 Å². The lowest BCUT2D eigenvalue weighted by atomic mass is 10.1. The predicted molar refractivity (Wildman–Crippen MR) is 73.6 cm³/mol. The maximum absolute atomic E-state index is 10.0. The van der Waals surface area contributed by atoms with E-state index in [0.717, 1.165) is 5.69 Å². The molecule has 0 radical (unpaired) electrons. The van der Waals surface area contributed by atoms with E-state index in [1.54, 1.807) is 6.20 Å². The number of aliphatic hydroxyl groups is 1. The fourth-order valence-electron chi connectivity index (χ4n) is 1.83. The highest BCUT2D eigenvalue weighted by Crippen LogP contribution is 2.19. The molecule has 0 aliphatic heterocycles. The maximum Gasteiger partial charge on any atom is 0.113 e. The third-order valence-corrected chi connectivity index (χ3v) is 3.12. The van der Waals surface area contributed by atoms with Crippen LogP contribution in [-0.4, -0.2) is 16.6 Å². The molecule has 1 heterocycles. The number of nitrogens with one attached hydrogen (secondary N) is 1. The number of aromatic nitrogens is 1. The average molecular weight is 242 g/mol. The van der Waals surface area contributed by atoms with E-state index < -0.39 is 6.10 Å². The summed E-state index contributed by atoms with van der Waals surface area (Å²) in [5.74, 6) is 0. The molecular weight excluding hydrogens is 224 g/mol. The molecule has 3 heteroatoms. The summed E-state index contributed by atoms with van der Waals surface area (Å²) in [4.78, 5) is 4.14. The van der Waals surface area contributed by atoms with Crippen molar-refractivity contribution >= 4 is 5.69 Å². The summed E-state index contributed by atoms with van der Waals surface area (Å²) in [5.41, 5.74) is 4.21. The van der Waals surface area contributed by atoms with Gasteiger partial charge in [-0.1, -0.05) is 18.2 Å². The van der Waals surface area contributed by atoms with Crippen LogP contribution in [0.3, 0.4) is 0 Å². The molecule has 0 fully saturated rings. The van der Waals surface area contributed by atoms with Crippen molar-refractivity contribution in [3.63, 3.8) is 0 Å². The molecule has 1 aromatic carbocycles. The summed E-state index contributed by atoms with van der Waals surface area (Å²) in [6, 6.07) is 11.7. The van der Waals surface area contributed by atoms with Crippen LogP contribution in [0.5, 0.6) is 0 Å². The second-order valence-corrected chi connectivity index (χ2v) is 4.40. The molecule has 0 saturated heterocycles. The summed E-state index contributed by atoms with van der Waals surface area (Å²) in [6.45, 7) is 4.61. The molecule has 2 rings (SSSR count). The molecule has 2 N–H and O–H groups in total. The third kappa shape index (κ3) is 2.87. The number of pyridine rings is 1. The van der Waals surface area contributed by atoms with Crippen LogP contribution in [0.15, 0.2) is 42.6 Å². The second kappa shape index (κ2) is 5.65. The van der Waals surface area contributed by atoms with Gasteiger partial charge < -0.3 is 10.4 Å². The number of aliphatic hydroxyl groups excluding tert-OH is 1. The minimum atomic E-state index is -0.592. The van der Waals surface area contributed by atoms with Gasteiger partial charge >= 0.3 is 0 Å². The highest BCUT2D eigenvalue weighted by molar-refractivity contribution is 5.53. The van der Waals surface area contributed by atoms with E-state index in [1.807, 2.05) is 30.3 Å². The van der Waals surface area contributed by atoms with Gasteiger partial charge in [-0.15, -0.1) is 0 Å². The number of aryl methyl sites for hydroxylation is 1. The fraction of sp³-hybridized carbons (Fsp3) is 0.267. The molecule has 3 nitrogen and oxygen atoms in total. The number of hydrogen-bond acceptors (Lipinski definition) is 3. The average Bonchev–Trinajstić information content (AvgIpc) is 2.41. The number of benzene rings is 1. The Morgan fingerprint density at radius 3 is 2.72 bits per heavy atom. The second-order valence-electron chi connectivity index (χ2n) is 4.40. The van der Waals surface area contributed by atoms with E-state index in [0.29, 0.717) is 12.2 Å². The van der Waals surface area contributed by atoms with E-state index in [4.69, 9.17) is 0 Å². The molecule has 0 aliphatic rings. The maximum atomic E-state index is 10.0. The molecule has 0 amide bonds. The number of hydrogen-bond donors (Lipinski definition) is 2. The van der Waals surface area contributed by atoms with Crippen molar-refractivity contribution in [1.29, 1.82) is 0 Å². The van der Waals surface area contributed by atoms with Gasteiger partial charge in [0, 0.05) is 18.4 Å². The molecule has 0 saturated carbocycles. The summed E-state index contributed by atoms with van der Waals surface area (Å²) in [6.07, 6.45) is 1.10. The monoisotopic (exact) mass is 242 g/mol. The minimum Gasteiger partial charge on any atom is -0.385 e. The molecule has 2 aromatic rings. The Balaban J connectivity index is 2.02. The molecule has 0 aliphatic carbocycles. The zero-order chi connectivity index (χ0) is 13.0. The van der Waals surface area contributed by atoms with Crippen molar-refractivity contribution in [2.75, 3.05) is 11.9 Å². The van der Waals surface area contributed by atoms with Crippen molar-refractivity contribution in [1.82, 2.24) is 4.98 Å². The Morgan fingerprint density at radius 2 is 2.00 bits per heavy atom. The van der Waals surface area contributed by atoms with Crippen LogP contribution in [0.2, 0.25) is 0 Å². The molecule has 0 bridgehead atoms. The first-order valence-electron chi connectivity index (χ1n) is 6.07. The highest BCUT2D eigenvalue weighted by Gasteiger charge is 2.08. The van der Waals surface area contributed by atoms with Crippen LogP contribution < -0.4 is 5.32 Å². The van der Waals surface area contributed by atoms with Crippen molar-refractivity contribution in [2.24, 2.45) is 0 Å². The Bertz CT molecular complexity index is 511. The van der Waals surface area contributed by atoms with Gasteiger partial charge in [0.15, 0.2) is 0 Å². The van der Waals surface area contributed by atoms with Crippen molar-refractivity contribution < 1.29 is 5.11 Å². The first-order chi connectivity index (χ1) is 8.68. The molecule has 0 spiro atoms. The van der Waals surface area contributed by atoms with Crippen LogP contribution in [0.25, 0.3) is 0 Å². The van der Waals surface area contributed by atoms with Crippen molar-refractivity contribution in [2.45, 2.75) is 20.0 Å². The molecular formula is C15H18N2O. The Kier molecular flexibility index (Phi) is 3.95. The number of rotatable bonds is 4. The zero-order valence-corrected chi connectivity index (χ0v) is 10.7. The lowest BCUT2D eigenvalue weighted by molar-refractivity contribution is 0.187. The van der Waals surface area contributed by atoms with Gasteiger partial charge in [-0.05, 0) is 43.2 Å². The van der Waals surface area contributed by atoms with E-state index >= 15 is 0 Å². The normalized spacial score (nSPS) is 12.2. The summed E-state index contributed by atoms with van der Waals surface area (Å²) in [5, 5.41) is 13.3. The smallest absolute Gasteiger partial charge is 0.113 e. The van der Waals surface area contributed by atoms with Gasteiger partial charge in [0.05, 0.1) is 5.69 Å². The van der Waals surface area contributed by atoms with Gasteiger partial charge in [-0.2, -0.15) is 0 Å². The molecule has 94 valence electrons. The van der Waals surface area contributed by atoms with E-state index in [2.05, 4.69) is 30.2 Å². The lowest BCUT2D eigenvalue weighted by Crippen LogP contribution is -2.14. The Hall–Kier alpha value is -1.87. The van der Waals surface area contributed by atoms with Gasteiger partial charge in [0.25, 0.3) is 0 Å². The topological polar surface area (TPSA) is 45.1 Å². The predicted octanol–water partition coefficient (Wildman–Crippen LogP) is 2.84. The fourth-order valence-corrected chi connectivity index (χ4v) is 1.83. The summed E-state index contributed by atoms with van der Waals surface area (Å²) < 4.78 is 0. The number of nitrogens with zero attached hydrogens (tertiary/aromatic N) is 1. The quantitative estimate of drug-likeness (QED) is 0.866. The molecule has 1 atom stereocenters. The van der Waals surface area contributed by atoms with Gasteiger partial charge in [-0.3, -0.25) is 4.98 Å². The standard InChI is InChI=1S/C15H18N2O/c1-11-6-5-8-13(12(11)2)17-10-15(18)14-7-3-4-9-16-14/h3-9,15,17-18H,10H2,1-2H3. The number of anilines is 1. The van der Waals surface area contributed by atoms with Crippen LogP contribution in [0, 0.1) is 13.8 Å². The van der Waals surface area contributed by atoms with Crippen LogP contribution in [-0.2, 0) is 0 Å². The van der Waals surface area contributed by atoms with Gasteiger partial charge in [0.1, 0.15) is 6.10 Å². The molecule has 1 aromatic heterocycles. The van der Waals surface area contributed by atoms with Crippen molar-refractivity contribution in [3.8, 4) is 0 Å². The first kappa shape index (κ1) is 12.6. The third-order valence-electron chi connectivity index (χ3n) is 3.12. The van der Waals surface area contributed by atoms with Crippen molar-refractivity contribution in [3.05, 3.63) is 59.4 Å². The van der Waals surface area contributed by atoms with E-state index in [9.17, 15) is 5.11 Å². The van der Waals surface area contributed by atoms with Crippen LogP contribution in [0.4, 0.5) is 5.69 Å². The Morgan fingerprint density at radius 1 is 1.17 bits per heavy atom. The summed E-state index contributed by atoms with van der Waals surface area (Å²) in [7, 11) is 0. The van der Waals surface area contributed by atoms with E-state index in [1.165, 1.54) is 11.1 Å². The SMILES string of the molecule is Cc1cccc(NCC(O)c2ccccn2)c1C. The lowest BCUT2D eigenvalue weighted by Gasteiger charge is -2.15. The highest BCUT2D eigenvalue weighted by atomic mass is 16.3. The first-order valence-corrected chi connectivity index (χ1v) is 6.07. The van der Waals surface area contributed by atoms with Gasteiger partial charge in [-0.25, -0.2) is 0 Å². The van der Waals surface area contributed by atoms with Crippen LogP contribution in [0.1, 0.15) is 22.9 Å². The molecule has 1 unspecified atom stereocenters. The minimum absolute atomic E-state index is 0.460. The largest absolute Gasteiger partial charge is 0.385 e. The summed E-state index contributed by atoms with van der Waals surface area (Å²) >= 11 is 0. The van der Waals surface area contributed by atoms with Gasteiger partial charge in [0.2, 0.25) is 0 Å². The Labute approximate surface area is 108 Å². The molecule has 18 heavy (non-hydrogen) atoms. The van der Waals surface area contributed by atoms with Crippen LogP contribution >= 0.6 is 0 Å².